The minimum absolute atomic E-state index is 0.316. The largest absolute Gasteiger partial charge is 0.239 e. The van der Waals surface area contributed by atoms with Crippen LogP contribution in [0.25, 0.3) is 11.3 Å². The zero-order chi connectivity index (χ0) is 15.5. The summed E-state index contributed by atoms with van der Waals surface area (Å²) in [5.74, 6) is 0. The van der Waals surface area contributed by atoms with E-state index in [9.17, 15) is 5.26 Å². The molecule has 0 spiro atoms. The highest BCUT2D eigenvalue weighted by Gasteiger charge is 2.15. The molecule has 0 amide bonds. The molecule has 0 bridgehead atoms. The first kappa shape index (κ1) is 14.3. The van der Waals surface area contributed by atoms with Gasteiger partial charge in [0.05, 0.1) is 6.54 Å². The van der Waals surface area contributed by atoms with E-state index in [1.807, 2.05) is 24.3 Å². The minimum Gasteiger partial charge on any atom is -0.239 e. The van der Waals surface area contributed by atoms with Gasteiger partial charge in [0.2, 0.25) is 0 Å². The summed E-state index contributed by atoms with van der Waals surface area (Å²) in [6.45, 7) is 2.62. The van der Waals surface area contributed by atoms with E-state index in [-0.39, 0.29) is 0 Å². The van der Waals surface area contributed by atoms with Gasteiger partial charge in [-0.3, -0.25) is 0 Å². The van der Waals surface area contributed by atoms with Crippen molar-refractivity contribution in [3.05, 3.63) is 70.4 Å². The number of nitrogens with zero attached hydrogens (tertiary/aromatic N) is 4. The molecule has 1 heterocycles. The maximum absolute atomic E-state index is 9.28. The van der Waals surface area contributed by atoms with E-state index < -0.39 is 0 Å². The molecule has 2 aromatic carbocycles. The van der Waals surface area contributed by atoms with Crippen LogP contribution in [-0.2, 0) is 6.54 Å². The Morgan fingerprint density at radius 2 is 1.86 bits per heavy atom. The fourth-order valence-electron chi connectivity index (χ4n) is 2.34. The van der Waals surface area contributed by atoms with Crippen molar-refractivity contribution >= 4 is 11.6 Å². The number of aromatic nitrogens is 3. The molecule has 0 atom stereocenters. The second-order valence-electron chi connectivity index (χ2n) is 4.99. The van der Waals surface area contributed by atoms with Gasteiger partial charge in [0.25, 0.3) is 0 Å². The predicted molar refractivity (Wildman–Crippen MR) is 85.5 cm³/mol. The summed E-state index contributed by atoms with van der Waals surface area (Å²) in [7, 11) is 0. The first-order valence-electron chi connectivity index (χ1n) is 6.83. The molecule has 0 radical (unpaired) electrons. The topological polar surface area (TPSA) is 54.5 Å². The van der Waals surface area contributed by atoms with Crippen LogP contribution in [0.1, 0.15) is 16.8 Å². The van der Waals surface area contributed by atoms with Gasteiger partial charge in [-0.1, -0.05) is 53.2 Å². The molecule has 0 fully saturated rings. The minimum atomic E-state index is 0.316. The number of benzene rings is 2. The van der Waals surface area contributed by atoms with E-state index in [1.165, 1.54) is 5.56 Å². The maximum Gasteiger partial charge on any atom is 0.190 e. The summed E-state index contributed by atoms with van der Waals surface area (Å²) in [5.41, 5.74) is 4.23. The molecular weight excluding hydrogens is 296 g/mol. The standard InChI is InChI=1S/C17H13ClN4/c1-12-4-2-3-5-14(12)11-22-17(16(10-19)20-21-22)13-6-8-15(18)9-7-13/h2-9H,11H2,1H3. The molecule has 108 valence electrons. The highest BCUT2D eigenvalue weighted by atomic mass is 35.5. The van der Waals surface area contributed by atoms with Crippen molar-refractivity contribution < 1.29 is 0 Å². The zero-order valence-electron chi connectivity index (χ0n) is 12.0. The Balaban J connectivity index is 2.06. The number of nitriles is 1. The van der Waals surface area contributed by atoms with E-state index in [4.69, 9.17) is 11.6 Å². The third-order valence-electron chi connectivity index (χ3n) is 3.54. The molecule has 3 aromatic rings. The zero-order valence-corrected chi connectivity index (χ0v) is 12.7. The van der Waals surface area contributed by atoms with Crippen LogP contribution in [0.15, 0.2) is 48.5 Å². The monoisotopic (exact) mass is 308 g/mol. The highest BCUT2D eigenvalue weighted by Crippen LogP contribution is 2.24. The summed E-state index contributed by atoms with van der Waals surface area (Å²) in [6.07, 6.45) is 0. The SMILES string of the molecule is Cc1ccccc1Cn1nnc(C#N)c1-c1ccc(Cl)cc1. The molecule has 22 heavy (non-hydrogen) atoms. The van der Waals surface area contributed by atoms with E-state index in [2.05, 4.69) is 35.4 Å². The Bertz CT molecular complexity index is 844. The van der Waals surface area contributed by atoms with Gasteiger partial charge in [-0.15, -0.1) is 5.10 Å². The van der Waals surface area contributed by atoms with Crippen LogP contribution in [0.5, 0.6) is 0 Å². The second kappa shape index (κ2) is 6.00. The Kier molecular flexibility index (Phi) is 3.90. The van der Waals surface area contributed by atoms with Gasteiger partial charge in [0.15, 0.2) is 5.69 Å². The van der Waals surface area contributed by atoms with Crippen LogP contribution in [0, 0.1) is 18.3 Å². The number of rotatable bonds is 3. The van der Waals surface area contributed by atoms with Gasteiger partial charge in [-0.05, 0) is 30.2 Å². The third-order valence-corrected chi connectivity index (χ3v) is 3.79. The van der Waals surface area contributed by atoms with Crippen LogP contribution in [0.4, 0.5) is 0 Å². The summed E-state index contributed by atoms with van der Waals surface area (Å²) in [4.78, 5) is 0. The van der Waals surface area contributed by atoms with Crippen molar-refractivity contribution in [2.75, 3.05) is 0 Å². The second-order valence-corrected chi connectivity index (χ2v) is 5.43. The number of hydrogen-bond acceptors (Lipinski definition) is 3. The van der Waals surface area contributed by atoms with Crippen LogP contribution >= 0.6 is 11.6 Å². The van der Waals surface area contributed by atoms with Crippen molar-refractivity contribution in [3.63, 3.8) is 0 Å². The van der Waals surface area contributed by atoms with E-state index in [1.54, 1.807) is 16.8 Å². The summed E-state index contributed by atoms with van der Waals surface area (Å²) >= 11 is 5.93. The molecule has 0 aliphatic carbocycles. The van der Waals surface area contributed by atoms with Gasteiger partial charge in [-0.2, -0.15) is 5.26 Å². The first-order chi connectivity index (χ1) is 10.7. The smallest absolute Gasteiger partial charge is 0.190 e. The molecule has 0 saturated carbocycles. The molecular formula is C17H13ClN4. The fourth-order valence-corrected chi connectivity index (χ4v) is 2.47. The molecule has 0 saturated heterocycles. The average molecular weight is 309 g/mol. The Labute approximate surface area is 133 Å². The van der Waals surface area contributed by atoms with E-state index in [0.717, 1.165) is 11.1 Å². The Morgan fingerprint density at radius 3 is 2.55 bits per heavy atom. The molecule has 0 unspecified atom stereocenters. The quantitative estimate of drug-likeness (QED) is 0.739. The lowest BCUT2D eigenvalue weighted by Gasteiger charge is -2.09. The summed E-state index contributed by atoms with van der Waals surface area (Å²) in [5, 5.41) is 18.0. The van der Waals surface area contributed by atoms with Crippen molar-refractivity contribution in [2.24, 2.45) is 0 Å². The van der Waals surface area contributed by atoms with Crippen LogP contribution in [-0.4, -0.2) is 15.0 Å². The van der Waals surface area contributed by atoms with Crippen LogP contribution in [0.3, 0.4) is 0 Å². The molecule has 1 aromatic heterocycles. The van der Waals surface area contributed by atoms with Crippen molar-refractivity contribution in [3.8, 4) is 17.3 Å². The first-order valence-corrected chi connectivity index (χ1v) is 7.21. The maximum atomic E-state index is 9.28. The van der Waals surface area contributed by atoms with Crippen molar-refractivity contribution in [1.29, 1.82) is 5.26 Å². The van der Waals surface area contributed by atoms with Crippen molar-refractivity contribution in [1.82, 2.24) is 15.0 Å². The van der Waals surface area contributed by atoms with E-state index >= 15 is 0 Å². The molecule has 3 rings (SSSR count). The molecule has 5 heteroatoms. The summed E-state index contributed by atoms with van der Waals surface area (Å²) < 4.78 is 1.75. The van der Waals surface area contributed by atoms with Crippen LogP contribution in [0.2, 0.25) is 5.02 Å². The normalized spacial score (nSPS) is 10.4. The predicted octanol–water partition coefficient (Wildman–Crippen LogP) is 3.83. The number of hydrogen-bond donors (Lipinski definition) is 0. The fraction of sp³-hybridized carbons (Fsp3) is 0.118. The highest BCUT2D eigenvalue weighted by molar-refractivity contribution is 6.30. The van der Waals surface area contributed by atoms with Gasteiger partial charge < -0.3 is 0 Å². The summed E-state index contributed by atoms with van der Waals surface area (Å²) in [6, 6.07) is 17.5. The van der Waals surface area contributed by atoms with Crippen LogP contribution < -0.4 is 0 Å². The lowest BCUT2D eigenvalue weighted by molar-refractivity contribution is 0.653. The Morgan fingerprint density at radius 1 is 1.14 bits per heavy atom. The van der Waals surface area contributed by atoms with E-state index in [0.29, 0.717) is 23.0 Å². The van der Waals surface area contributed by atoms with Gasteiger partial charge in [0.1, 0.15) is 11.8 Å². The molecule has 0 aliphatic heterocycles. The lowest BCUT2D eigenvalue weighted by Crippen LogP contribution is -2.05. The molecule has 0 aliphatic rings. The number of halogens is 1. The number of aryl methyl sites for hydroxylation is 1. The van der Waals surface area contributed by atoms with Gasteiger partial charge in [0, 0.05) is 10.6 Å². The average Bonchev–Trinajstić information content (AvgIpc) is 2.93. The van der Waals surface area contributed by atoms with Gasteiger partial charge >= 0.3 is 0 Å². The molecule has 4 nitrogen and oxygen atoms in total. The Hall–Kier alpha value is -2.64. The lowest BCUT2D eigenvalue weighted by atomic mass is 10.1. The molecule has 0 N–H and O–H groups in total. The van der Waals surface area contributed by atoms with Crippen molar-refractivity contribution in [2.45, 2.75) is 13.5 Å². The van der Waals surface area contributed by atoms with Gasteiger partial charge in [-0.25, -0.2) is 4.68 Å². The third kappa shape index (κ3) is 2.72.